The molecule has 1 aromatic carbocycles. The van der Waals surface area contributed by atoms with Gasteiger partial charge in [-0.2, -0.15) is 5.26 Å². The van der Waals surface area contributed by atoms with E-state index in [9.17, 15) is 24.8 Å². The molecular formula is C23H22BrNO7S. The molecule has 1 aromatic heterocycles. The lowest BCUT2D eigenvalue weighted by Crippen LogP contribution is -2.12. The van der Waals surface area contributed by atoms with Gasteiger partial charge in [-0.05, 0) is 66.0 Å². The third-order valence-corrected chi connectivity index (χ3v) is 6.36. The minimum absolute atomic E-state index is 0.112. The Kier molecular flexibility index (Phi) is 9.20. The summed E-state index contributed by atoms with van der Waals surface area (Å²) >= 11 is 4.16. The number of nitriles is 1. The second-order valence-electron chi connectivity index (χ2n) is 6.62. The largest absolute Gasteiger partial charge is 0.503 e. The van der Waals surface area contributed by atoms with Gasteiger partial charge in [-0.1, -0.05) is 0 Å². The highest BCUT2D eigenvalue weighted by Gasteiger charge is 2.28. The van der Waals surface area contributed by atoms with Gasteiger partial charge in [0.25, 0.3) is 0 Å². The Morgan fingerprint density at radius 1 is 1.18 bits per heavy atom. The third kappa shape index (κ3) is 6.00. The molecule has 10 heteroatoms. The molecule has 0 atom stereocenters. The first kappa shape index (κ1) is 26.1. The van der Waals surface area contributed by atoms with Crippen molar-refractivity contribution in [1.82, 2.24) is 0 Å². The number of phenols is 1. The van der Waals surface area contributed by atoms with Gasteiger partial charge in [0.15, 0.2) is 17.3 Å². The van der Waals surface area contributed by atoms with E-state index in [1.54, 1.807) is 20.8 Å². The van der Waals surface area contributed by atoms with E-state index < -0.39 is 17.7 Å². The number of methoxy groups -OCH3 is 1. The van der Waals surface area contributed by atoms with E-state index in [1.807, 2.05) is 6.07 Å². The van der Waals surface area contributed by atoms with Gasteiger partial charge >= 0.3 is 11.9 Å². The van der Waals surface area contributed by atoms with Crippen LogP contribution in [-0.2, 0) is 20.7 Å². The highest BCUT2D eigenvalue weighted by atomic mass is 79.9. The number of thiophene rings is 1. The molecule has 2 rings (SSSR count). The smallest absolute Gasteiger partial charge is 0.348 e. The Morgan fingerprint density at radius 2 is 1.82 bits per heavy atom. The Balaban J connectivity index is 2.47. The predicted octanol–water partition coefficient (Wildman–Crippen LogP) is 4.61. The molecule has 1 N–H and O–H groups in total. The van der Waals surface area contributed by atoms with Gasteiger partial charge in [0.1, 0.15) is 10.9 Å². The predicted molar refractivity (Wildman–Crippen MR) is 126 cm³/mol. The number of carbonyl (C=O) groups excluding carboxylic acids is 3. The molecule has 0 fully saturated rings. The maximum atomic E-state index is 13.0. The molecule has 0 aliphatic carbocycles. The molecule has 0 amide bonds. The van der Waals surface area contributed by atoms with Crippen LogP contribution < -0.4 is 4.74 Å². The molecule has 0 aliphatic heterocycles. The van der Waals surface area contributed by atoms with Crippen LogP contribution in [0.5, 0.6) is 11.5 Å². The van der Waals surface area contributed by atoms with Crippen LogP contribution >= 0.6 is 27.3 Å². The van der Waals surface area contributed by atoms with Crippen LogP contribution in [0.25, 0.3) is 6.08 Å². The fourth-order valence-electron chi connectivity index (χ4n) is 2.98. The Morgan fingerprint density at radius 3 is 2.39 bits per heavy atom. The number of benzene rings is 1. The molecule has 2 aromatic rings. The summed E-state index contributed by atoms with van der Waals surface area (Å²) in [6, 6.07) is 4.87. The van der Waals surface area contributed by atoms with Crippen LogP contribution in [0.3, 0.4) is 0 Å². The molecule has 0 saturated carbocycles. The summed E-state index contributed by atoms with van der Waals surface area (Å²) in [5, 5.41) is 19.5. The van der Waals surface area contributed by atoms with Crippen LogP contribution in [0.2, 0.25) is 0 Å². The van der Waals surface area contributed by atoms with E-state index >= 15 is 0 Å². The van der Waals surface area contributed by atoms with Gasteiger partial charge in [-0.15, -0.1) is 11.3 Å². The first-order chi connectivity index (χ1) is 15.7. The summed E-state index contributed by atoms with van der Waals surface area (Å²) in [6.07, 6.45) is 1.07. The van der Waals surface area contributed by atoms with Crippen molar-refractivity contribution in [3.05, 3.63) is 48.6 Å². The van der Waals surface area contributed by atoms with E-state index in [0.717, 1.165) is 11.3 Å². The van der Waals surface area contributed by atoms with E-state index in [1.165, 1.54) is 25.3 Å². The minimum atomic E-state index is -0.653. The van der Waals surface area contributed by atoms with E-state index in [0.29, 0.717) is 20.5 Å². The molecule has 0 saturated heterocycles. The number of ether oxygens (including phenoxy) is 3. The maximum absolute atomic E-state index is 13.0. The number of allylic oxidation sites excluding steroid dienone is 1. The molecular weight excluding hydrogens is 514 g/mol. The van der Waals surface area contributed by atoms with Crippen molar-refractivity contribution in [3.63, 3.8) is 0 Å². The molecule has 174 valence electrons. The molecule has 0 bridgehead atoms. The number of nitrogens with zero attached hydrogens (tertiary/aromatic N) is 1. The number of aromatic hydroxyl groups is 1. The summed E-state index contributed by atoms with van der Waals surface area (Å²) < 4.78 is 15.6. The van der Waals surface area contributed by atoms with Crippen molar-refractivity contribution >= 4 is 51.1 Å². The van der Waals surface area contributed by atoms with Crippen molar-refractivity contribution < 1.29 is 33.7 Å². The van der Waals surface area contributed by atoms with Crippen molar-refractivity contribution in [2.24, 2.45) is 0 Å². The standard InChI is InChI=1S/C23H22BrNO7S/c1-5-31-22(28)19-12(3)21(23(29)32-6-2)33-18(19)10-16(26)14(11-25)7-13-8-15(24)20(27)17(9-13)30-4/h7-9,27H,5-6,10H2,1-4H3/b14-7+. The second kappa shape index (κ2) is 11.6. The normalized spacial score (nSPS) is 11.0. The van der Waals surface area contributed by atoms with Crippen LogP contribution in [0.15, 0.2) is 22.2 Å². The van der Waals surface area contributed by atoms with Crippen molar-refractivity contribution in [2.75, 3.05) is 20.3 Å². The summed E-state index contributed by atoms with van der Waals surface area (Å²) in [7, 11) is 1.38. The van der Waals surface area contributed by atoms with Crippen molar-refractivity contribution in [3.8, 4) is 17.6 Å². The van der Waals surface area contributed by atoms with Gasteiger partial charge in [-0.25, -0.2) is 9.59 Å². The first-order valence-corrected chi connectivity index (χ1v) is 11.5. The number of esters is 2. The molecule has 1 heterocycles. The molecule has 8 nitrogen and oxygen atoms in total. The van der Waals surface area contributed by atoms with Crippen LogP contribution in [-0.4, -0.2) is 43.2 Å². The molecule has 0 unspecified atom stereocenters. The number of carbonyl (C=O) groups is 3. The highest BCUT2D eigenvalue weighted by Crippen LogP contribution is 2.36. The molecule has 0 radical (unpaired) electrons. The van der Waals surface area contributed by atoms with Crippen molar-refractivity contribution in [1.29, 1.82) is 5.26 Å². The topological polar surface area (TPSA) is 123 Å². The van der Waals surface area contributed by atoms with E-state index in [4.69, 9.17) is 14.2 Å². The maximum Gasteiger partial charge on any atom is 0.348 e. The van der Waals surface area contributed by atoms with Crippen LogP contribution in [0.4, 0.5) is 0 Å². The number of phenolic OH excluding ortho intramolecular Hbond substituents is 1. The summed E-state index contributed by atoms with van der Waals surface area (Å²) in [6.45, 7) is 5.18. The van der Waals surface area contributed by atoms with Gasteiger partial charge in [0.2, 0.25) is 0 Å². The van der Waals surface area contributed by atoms with Crippen LogP contribution in [0.1, 0.15) is 49.9 Å². The van der Waals surface area contributed by atoms with E-state index in [2.05, 4.69) is 15.9 Å². The lowest BCUT2D eigenvalue weighted by molar-refractivity contribution is -0.114. The van der Waals surface area contributed by atoms with E-state index in [-0.39, 0.29) is 47.1 Å². The quantitative estimate of drug-likeness (QED) is 0.280. The average molecular weight is 536 g/mol. The number of hydrogen-bond acceptors (Lipinski definition) is 9. The van der Waals surface area contributed by atoms with Gasteiger partial charge < -0.3 is 19.3 Å². The SMILES string of the molecule is CCOC(=O)c1sc(CC(=O)/C(C#N)=C/c2cc(Br)c(O)c(OC)c2)c(C(=O)OCC)c1C. The Bertz CT molecular complexity index is 1160. The number of ketones is 1. The zero-order chi connectivity index (χ0) is 24.7. The fourth-order valence-corrected chi connectivity index (χ4v) is 4.62. The van der Waals surface area contributed by atoms with Gasteiger partial charge in [0, 0.05) is 11.3 Å². The molecule has 0 aliphatic rings. The first-order valence-electron chi connectivity index (χ1n) is 9.86. The van der Waals surface area contributed by atoms with Gasteiger partial charge in [-0.3, -0.25) is 4.79 Å². The number of hydrogen-bond donors (Lipinski definition) is 1. The molecule has 33 heavy (non-hydrogen) atoms. The number of rotatable bonds is 9. The average Bonchev–Trinajstić information content (AvgIpc) is 3.10. The lowest BCUT2D eigenvalue weighted by atomic mass is 10.0. The summed E-state index contributed by atoms with van der Waals surface area (Å²) in [5.74, 6) is -1.75. The number of halogens is 1. The minimum Gasteiger partial charge on any atom is -0.503 e. The number of Topliss-reactive ketones (excluding diaryl/α,β-unsaturated/α-hetero) is 1. The zero-order valence-electron chi connectivity index (χ0n) is 18.5. The fraction of sp³-hybridized carbons (Fsp3) is 0.304. The molecule has 0 spiro atoms. The summed E-state index contributed by atoms with van der Waals surface area (Å²) in [4.78, 5) is 38.3. The van der Waals surface area contributed by atoms with Gasteiger partial charge in [0.05, 0.1) is 35.9 Å². The lowest BCUT2D eigenvalue weighted by Gasteiger charge is -2.07. The monoisotopic (exact) mass is 535 g/mol. The zero-order valence-corrected chi connectivity index (χ0v) is 20.9. The summed E-state index contributed by atoms with van der Waals surface area (Å²) in [5.41, 5.74) is 0.772. The second-order valence-corrected chi connectivity index (χ2v) is 8.58. The highest BCUT2D eigenvalue weighted by molar-refractivity contribution is 9.10. The Labute approximate surface area is 203 Å². The third-order valence-electron chi connectivity index (χ3n) is 4.48. The van der Waals surface area contributed by atoms with Crippen molar-refractivity contribution in [2.45, 2.75) is 27.2 Å². The van der Waals surface area contributed by atoms with Crippen LogP contribution in [0, 0.1) is 18.3 Å². The Hall–Kier alpha value is -3.16.